The molecular weight excluding hydrogens is 188 g/mol. The Morgan fingerprint density at radius 3 is 3.07 bits per heavy atom. The molecule has 2 N–H and O–H groups in total. The van der Waals surface area contributed by atoms with Gasteiger partial charge >= 0.3 is 5.97 Å². The normalized spacial score (nSPS) is 26.4. The molecule has 14 heavy (non-hydrogen) atoms. The first-order chi connectivity index (χ1) is 6.67. The van der Waals surface area contributed by atoms with Crippen LogP contribution in [0.25, 0.3) is 0 Å². The van der Waals surface area contributed by atoms with Crippen molar-refractivity contribution in [2.45, 2.75) is 25.6 Å². The molecule has 0 amide bonds. The summed E-state index contributed by atoms with van der Waals surface area (Å²) in [5, 5.41) is 18.1. The van der Waals surface area contributed by atoms with Gasteiger partial charge in [-0.05, 0) is 13.0 Å². The first kappa shape index (κ1) is 11.0. The molecule has 0 radical (unpaired) electrons. The molecule has 1 aliphatic rings. The molecule has 0 bridgehead atoms. The lowest BCUT2D eigenvalue weighted by molar-refractivity contribution is -0.145. The van der Waals surface area contributed by atoms with E-state index in [1.807, 2.05) is 0 Å². The van der Waals surface area contributed by atoms with Gasteiger partial charge in [0.15, 0.2) is 0 Å². The van der Waals surface area contributed by atoms with Gasteiger partial charge < -0.3 is 19.7 Å². The molecule has 80 valence electrons. The predicted octanol–water partition coefficient (Wildman–Crippen LogP) is -0.425. The second-order valence-electron chi connectivity index (χ2n) is 2.98. The molecule has 5 nitrogen and oxygen atoms in total. The molecule has 0 saturated heterocycles. The zero-order valence-corrected chi connectivity index (χ0v) is 7.97. The van der Waals surface area contributed by atoms with Crippen LogP contribution >= 0.6 is 0 Å². The second kappa shape index (κ2) is 4.97. The van der Waals surface area contributed by atoms with Crippen molar-refractivity contribution >= 4 is 5.97 Å². The summed E-state index contributed by atoms with van der Waals surface area (Å²) < 4.78 is 9.79. The van der Waals surface area contributed by atoms with Gasteiger partial charge in [-0.15, -0.1) is 0 Å². The minimum absolute atomic E-state index is 0.0235. The number of ether oxygens (including phenoxy) is 2. The molecule has 0 aliphatic carbocycles. The third-order valence-corrected chi connectivity index (χ3v) is 1.82. The number of carbonyl (C=O) groups is 1. The highest BCUT2D eigenvalue weighted by Crippen LogP contribution is 2.18. The highest BCUT2D eigenvalue weighted by molar-refractivity contribution is 5.86. The Balaban J connectivity index is 2.63. The van der Waals surface area contributed by atoms with E-state index >= 15 is 0 Å². The Bertz CT molecular complexity index is 235. The fraction of sp³-hybridized carbons (Fsp3) is 0.667. The van der Waals surface area contributed by atoms with Crippen molar-refractivity contribution in [1.82, 2.24) is 0 Å². The Morgan fingerprint density at radius 1 is 1.79 bits per heavy atom. The van der Waals surface area contributed by atoms with Gasteiger partial charge in [-0.1, -0.05) is 0 Å². The molecule has 1 heterocycles. The number of esters is 1. The van der Waals surface area contributed by atoms with E-state index in [9.17, 15) is 9.90 Å². The van der Waals surface area contributed by atoms with Gasteiger partial charge in [0.25, 0.3) is 0 Å². The van der Waals surface area contributed by atoms with Gasteiger partial charge in [0.1, 0.15) is 6.10 Å². The molecule has 0 fully saturated rings. The number of aliphatic hydroxyl groups excluding tert-OH is 2. The van der Waals surface area contributed by atoms with E-state index in [1.54, 1.807) is 6.92 Å². The summed E-state index contributed by atoms with van der Waals surface area (Å²) in [5.74, 6) is -0.630. The fourth-order valence-electron chi connectivity index (χ4n) is 1.21. The lowest BCUT2D eigenvalue weighted by Gasteiger charge is -2.24. The Morgan fingerprint density at radius 2 is 2.50 bits per heavy atom. The van der Waals surface area contributed by atoms with Crippen LogP contribution in [0.5, 0.6) is 0 Å². The van der Waals surface area contributed by atoms with Gasteiger partial charge in [-0.25, -0.2) is 4.79 Å². The fourth-order valence-corrected chi connectivity index (χ4v) is 1.21. The van der Waals surface area contributed by atoms with Crippen LogP contribution in [0, 0.1) is 0 Å². The first-order valence-corrected chi connectivity index (χ1v) is 4.52. The number of carbonyl (C=O) groups excluding carboxylic acids is 1. The SMILES string of the molecule is CCOC(=O)C1=CC(O)CC(CO)O1. The van der Waals surface area contributed by atoms with Crippen molar-refractivity contribution in [2.24, 2.45) is 0 Å². The lowest BCUT2D eigenvalue weighted by Crippen LogP contribution is -2.30. The largest absolute Gasteiger partial charge is 0.481 e. The van der Waals surface area contributed by atoms with Crippen LogP contribution in [-0.2, 0) is 14.3 Å². The van der Waals surface area contributed by atoms with Crippen molar-refractivity contribution in [3.8, 4) is 0 Å². The molecule has 2 atom stereocenters. The molecule has 0 spiro atoms. The van der Waals surface area contributed by atoms with Gasteiger partial charge in [-0.3, -0.25) is 0 Å². The van der Waals surface area contributed by atoms with E-state index in [0.717, 1.165) is 0 Å². The third-order valence-electron chi connectivity index (χ3n) is 1.82. The van der Waals surface area contributed by atoms with E-state index in [4.69, 9.17) is 14.6 Å². The minimum Gasteiger partial charge on any atom is -0.481 e. The van der Waals surface area contributed by atoms with Crippen LogP contribution in [0.2, 0.25) is 0 Å². The predicted molar refractivity (Wildman–Crippen MR) is 47.3 cm³/mol. The van der Waals surface area contributed by atoms with Crippen LogP contribution in [0.4, 0.5) is 0 Å². The smallest absolute Gasteiger partial charge is 0.373 e. The van der Waals surface area contributed by atoms with Gasteiger partial charge in [0, 0.05) is 6.42 Å². The summed E-state index contributed by atoms with van der Waals surface area (Å²) in [6.45, 7) is 1.70. The van der Waals surface area contributed by atoms with Crippen molar-refractivity contribution in [3.05, 3.63) is 11.8 Å². The van der Waals surface area contributed by atoms with Crippen LogP contribution < -0.4 is 0 Å². The molecule has 2 unspecified atom stereocenters. The monoisotopic (exact) mass is 202 g/mol. The van der Waals surface area contributed by atoms with Crippen molar-refractivity contribution in [3.63, 3.8) is 0 Å². The number of hydrogen-bond acceptors (Lipinski definition) is 5. The molecular formula is C9H14O5. The number of rotatable bonds is 3. The van der Waals surface area contributed by atoms with Gasteiger partial charge in [0.05, 0.1) is 19.3 Å². The van der Waals surface area contributed by atoms with Crippen molar-refractivity contribution < 1.29 is 24.5 Å². The first-order valence-electron chi connectivity index (χ1n) is 4.52. The average Bonchev–Trinajstić information content (AvgIpc) is 2.17. The molecule has 1 rings (SSSR count). The van der Waals surface area contributed by atoms with Crippen LogP contribution in [0.3, 0.4) is 0 Å². The molecule has 0 saturated carbocycles. The Hall–Kier alpha value is -1.07. The summed E-state index contributed by atoms with van der Waals surface area (Å²) in [6, 6.07) is 0. The summed E-state index contributed by atoms with van der Waals surface area (Å²) in [6.07, 6.45) is 0.290. The van der Waals surface area contributed by atoms with Crippen LogP contribution in [0.15, 0.2) is 11.8 Å². The van der Waals surface area contributed by atoms with Crippen LogP contribution in [0.1, 0.15) is 13.3 Å². The van der Waals surface area contributed by atoms with Gasteiger partial charge in [0.2, 0.25) is 5.76 Å². The van der Waals surface area contributed by atoms with E-state index in [1.165, 1.54) is 6.08 Å². The number of hydrogen-bond donors (Lipinski definition) is 2. The molecule has 1 aliphatic heterocycles. The minimum atomic E-state index is -0.764. The Kier molecular flexibility index (Phi) is 3.91. The topological polar surface area (TPSA) is 76.0 Å². The summed E-state index contributed by atoms with van der Waals surface area (Å²) in [7, 11) is 0. The van der Waals surface area contributed by atoms with Gasteiger partial charge in [-0.2, -0.15) is 0 Å². The average molecular weight is 202 g/mol. The summed E-state index contributed by atoms with van der Waals surface area (Å²) in [4.78, 5) is 11.2. The standard InChI is InChI=1S/C9H14O5/c1-2-13-9(12)8-4-6(11)3-7(5-10)14-8/h4,6-7,10-11H,2-3,5H2,1H3. The number of aliphatic hydroxyl groups is 2. The van der Waals surface area contributed by atoms with Crippen LogP contribution in [-0.4, -0.2) is 41.6 Å². The molecule has 0 aromatic rings. The molecule has 5 heteroatoms. The maximum absolute atomic E-state index is 11.2. The zero-order valence-electron chi connectivity index (χ0n) is 7.97. The Labute approximate surface area is 81.9 Å². The van der Waals surface area contributed by atoms with E-state index in [0.29, 0.717) is 6.42 Å². The summed E-state index contributed by atoms with van der Waals surface area (Å²) >= 11 is 0. The van der Waals surface area contributed by atoms with Crippen molar-refractivity contribution in [1.29, 1.82) is 0 Å². The molecule has 0 aromatic heterocycles. The maximum atomic E-state index is 11.2. The third kappa shape index (κ3) is 2.71. The van der Waals surface area contributed by atoms with E-state index in [2.05, 4.69) is 0 Å². The highest BCUT2D eigenvalue weighted by atomic mass is 16.6. The zero-order chi connectivity index (χ0) is 10.6. The van der Waals surface area contributed by atoms with Crippen molar-refractivity contribution in [2.75, 3.05) is 13.2 Å². The second-order valence-corrected chi connectivity index (χ2v) is 2.98. The quantitative estimate of drug-likeness (QED) is 0.608. The summed E-state index contributed by atoms with van der Waals surface area (Å²) in [5.41, 5.74) is 0. The molecule has 0 aromatic carbocycles. The highest BCUT2D eigenvalue weighted by Gasteiger charge is 2.26. The maximum Gasteiger partial charge on any atom is 0.373 e. The van der Waals surface area contributed by atoms with E-state index < -0.39 is 18.2 Å². The lowest BCUT2D eigenvalue weighted by atomic mass is 10.1. The van der Waals surface area contributed by atoms with E-state index in [-0.39, 0.29) is 19.0 Å².